The highest BCUT2D eigenvalue weighted by atomic mass is 32.1. The predicted octanol–water partition coefficient (Wildman–Crippen LogP) is 3.94. The quantitative estimate of drug-likeness (QED) is 0.468. The first-order valence-electron chi connectivity index (χ1n) is 10.8. The maximum absolute atomic E-state index is 13.9. The van der Waals surface area contributed by atoms with E-state index in [0.29, 0.717) is 19.5 Å². The first kappa shape index (κ1) is 20.6. The molecule has 0 bridgehead atoms. The second-order valence-electron chi connectivity index (χ2n) is 8.29. The van der Waals surface area contributed by atoms with Crippen molar-refractivity contribution in [3.05, 3.63) is 83.8 Å². The summed E-state index contributed by atoms with van der Waals surface area (Å²) in [7, 11) is 0. The van der Waals surface area contributed by atoms with Gasteiger partial charge in [-0.25, -0.2) is 9.97 Å². The maximum atomic E-state index is 13.9. The number of nitrogens with zero attached hydrogens (tertiary/aromatic N) is 5. The number of benzene rings is 2. The van der Waals surface area contributed by atoms with Crippen LogP contribution in [-0.4, -0.2) is 51.9 Å². The van der Waals surface area contributed by atoms with E-state index >= 15 is 0 Å². The summed E-state index contributed by atoms with van der Waals surface area (Å²) in [5, 5.41) is 0.990. The fourth-order valence-electron chi connectivity index (χ4n) is 4.35. The fourth-order valence-corrected chi connectivity index (χ4v) is 5.47. The molecule has 2 aromatic carbocycles. The normalized spacial score (nSPS) is 16.2. The van der Waals surface area contributed by atoms with Gasteiger partial charge < -0.3 is 9.80 Å². The zero-order chi connectivity index (χ0) is 22.0. The van der Waals surface area contributed by atoms with E-state index in [0.717, 1.165) is 39.7 Å². The number of hydrogen-bond donors (Lipinski definition) is 0. The minimum Gasteiger partial charge on any atom is -0.352 e. The van der Waals surface area contributed by atoms with E-state index < -0.39 is 5.41 Å². The molecule has 1 amide bonds. The average Bonchev–Trinajstić information content (AvgIpc) is 3.27. The second-order valence-corrected chi connectivity index (χ2v) is 9.41. The van der Waals surface area contributed by atoms with Gasteiger partial charge in [-0.05, 0) is 24.6 Å². The number of carbonyl (C=O) groups is 1. The topological polar surface area (TPSA) is 62.2 Å². The van der Waals surface area contributed by atoms with Crippen LogP contribution >= 0.6 is 11.3 Å². The van der Waals surface area contributed by atoms with Gasteiger partial charge >= 0.3 is 0 Å². The van der Waals surface area contributed by atoms with Gasteiger partial charge in [0.25, 0.3) is 0 Å². The molecule has 4 aromatic rings. The van der Waals surface area contributed by atoms with E-state index in [1.54, 1.807) is 29.9 Å². The molecule has 1 atom stereocenters. The summed E-state index contributed by atoms with van der Waals surface area (Å²) < 4.78 is 1.16. The number of fused-ring (bicyclic) bond motifs is 1. The molecule has 0 radical (unpaired) electrons. The van der Waals surface area contributed by atoms with Crippen LogP contribution < -0.4 is 4.90 Å². The summed E-state index contributed by atoms with van der Waals surface area (Å²) >= 11 is 1.68. The first-order chi connectivity index (χ1) is 15.6. The van der Waals surface area contributed by atoms with Crippen molar-refractivity contribution >= 4 is 33.3 Å². The van der Waals surface area contributed by atoms with Crippen molar-refractivity contribution in [2.45, 2.75) is 18.8 Å². The van der Waals surface area contributed by atoms with Crippen LogP contribution in [0.15, 0.2) is 73.2 Å². The van der Waals surface area contributed by atoms with Gasteiger partial charge in [-0.3, -0.25) is 9.78 Å². The third kappa shape index (κ3) is 3.96. The van der Waals surface area contributed by atoms with Crippen molar-refractivity contribution in [1.29, 1.82) is 0 Å². The lowest BCUT2D eigenvalue weighted by Gasteiger charge is -2.40. The molecule has 6 nitrogen and oxygen atoms in total. The number of para-hydroxylation sites is 1. The molecule has 0 saturated carbocycles. The average molecular weight is 444 g/mol. The van der Waals surface area contributed by atoms with E-state index in [1.807, 2.05) is 41.3 Å². The first-order valence-corrected chi connectivity index (χ1v) is 11.7. The predicted molar refractivity (Wildman–Crippen MR) is 128 cm³/mol. The van der Waals surface area contributed by atoms with Crippen LogP contribution in [0, 0.1) is 0 Å². The highest BCUT2D eigenvalue weighted by molar-refractivity contribution is 7.18. The SMILES string of the molecule is C[C@](Cc1nc2ccccc2s1)(C(=O)N1CCN(c2cnccn2)CC1)c1ccccc1. The van der Waals surface area contributed by atoms with Crippen LogP contribution in [0.2, 0.25) is 0 Å². The molecule has 32 heavy (non-hydrogen) atoms. The molecule has 3 heterocycles. The number of piperazine rings is 1. The smallest absolute Gasteiger partial charge is 0.233 e. The lowest BCUT2D eigenvalue weighted by atomic mass is 9.78. The third-order valence-electron chi connectivity index (χ3n) is 6.17. The number of amides is 1. The van der Waals surface area contributed by atoms with Crippen LogP contribution in [0.3, 0.4) is 0 Å². The highest BCUT2D eigenvalue weighted by Crippen LogP contribution is 2.34. The van der Waals surface area contributed by atoms with E-state index in [1.165, 1.54) is 0 Å². The van der Waals surface area contributed by atoms with Gasteiger partial charge in [0.15, 0.2) is 0 Å². The van der Waals surface area contributed by atoms with Crippen molar-refractivity contribution < 1.29 is 4.79 Å². The summed E-state index contributed by atoms with van der Waals surface area (Å²) in [5.41, 5.74) is 1.35. The number of aromatic nitrogens is 3. The zero-order valence-corrected chi connectivity index (χ0v) is 18.8. The molecule has 0 aliphatic carbocycles. The fraction of sp³-hybridized carbons (Fsp3) is 0.280. The molecule has 0 spiro atoms. The van der Waals surface area contributed by atoms with E-state index in [-0.39, 0.29) is 5.91 Å². The number of carbonyl (C=O) groups excluding carboxylic acids is 1. The minimum absolute atomic E-state index is 0.154. The van der Waals surface area contributed by atoms with Gasteiger partial charge in [-0.15, -0.1) is 11.3 Å². The van der Waals surface area contributed by atoms with Crippen LogP contribution in [0.5, 0.6) is 0 Å². The molecule has 1 saturated heterocycles. The van der Waals surface area contributed by atoms with Crippen molar-refractivity contribution in [2.75, 3.05) is 31.1 Å². The van der Waals surface area contributed by atoms with Crippen molar-refractivity contribution in [3.8, 4) is 0 Å². The Balaban J connectivity index is 1.40. The Hall–Kier alpha value is -3.32. The Morgan fingerprint density at radius 1 is 1.00 bits per heavy atom. The summed E-state index contributed by atoms with van der Waals surface area (Å²) in [4.78, 5) is 31.5. The van der Waals surface area contributed by atoms with Gasteiger partial charge in [-0.1, -0.05) is 42.5 Å². The van der Waals surface area contributed by atoms with Gasteiger partial charge in [0.05, 0.1) is 26.8 Å². The molecule has 1 fully saturated rings. The van der Waals surface area contributed by atoms with Gasteiger partial charge in [0.1, 0.15) is 5.82 Å². The van der Waals surface area contributed by atoms with E-state index in [2.05, 4.69) is 40.0 Å². The largest absolute Gasteiger partial charge is 0.352 e. The molecule has 5 rings (SSSR count). The standard InChI is InChI=1S/C25H25N5OS/c1-25(19-7-3-2-4-8-19,17-23-28-20-9-5-6-10-21(20)32-23)24(31)30-15-13-29(14-16-30)22-18-26-11-12-27-22/h2-12,18H,13-17H2,1H3/t25-/m1/s1. The maximum Gasteiger partial charge on any atom is 0.233 e. The Morgan fingerprint density at radius 3 is 2.47 bits per heavy atom. The lowest BCUT2D eigenvalue weighted by molar-refractivity contribution is -0.137. The van der Waals surface area contributed by atoms with Crippen LogP contribution in [0.25, 0.3) is 10.2 Å². The van der Waals surface area contributed by atoms with Gasteiger partial charge in [0.2, 0.25) is 5.91 Å². The molecule has 0 unspecified atom stereocenters. The Bertz CT molecular complexity index is 1170. The molecule has 162 valence electrons. The van der Waals surface area contributed by atoms with Crippen LogP contribution in [-0.2, 0) is 16.6 Å². The van der Waals surface area contributed by atoms with Crippen LogP contribution in [0.1, 0.15) is 17.5 Å². The summed E-state index contributed by atoms with van der Waals surface area (Å²) in [5.74, 6) is 1.02. The molecule has 0 N–H and O–H groups in total. The summed E-state index contributed by atoms with van der Waals surface area (Å²) in [6.07, 6.45) is 5.74. The summed E-state index contributed by atoms with van der Waals surface area (Å²) in [6, 6.07) is 18.3. The lowest BCUT2D eigenvalue weighted by Crippen LogP contribution is -2.54. The number of rotatable bonds is 5. The molecular formula is C25H25N5OS. The van der Waals surface area contributed by atoms with Gasteiger partial charge in [-0.2, -0.15) is 0 Å². The zero-order valence-electron chi connectivity index (χ0n) is 18.0. The number of thiazole rings is 1. The molecular weight excluding hydrogens is 418 g/mol. The third-order valence-corrected chi connectivity index (χ3v) is 7.20. The van der Waals surface area contributed by atoms with Gasteiger partial charge in [0, 0.05) is 45.0 Å². The Labute approximate surface area is 191 Å². The number of anilines is 1. The minimum atomic E-state index is -0.677. The monoisotopic (exact) mass is 443 g/mol. The van der Waals surface area contributed by atoms with Crippen molar-refractivity contribution in [2.24, 2.45) is 0 Å². The van der Waals surface area contributed by atoms with E-state index in [9.17, 15) is 4.79 Å². The Kier molecular flexibility index (Phi) is 5.57. The van der Waals surface area contributed by atoms with Crippen molar-refractivity contribution in [3.63, 3.8) is 0 Å². The second kappa shape index (κ2) is 8.67. The molecule has 1 aliphatic rings. The Morgan fingerprint density at radius 2 is 1.75 bits per heavy atom. The van der Waals surface area contributed by atoms with Crippen molar-refractivity contribution in [1.82, 2.24) is 19.9 Å². The summed E-state index contributed by atoms with van der Waals surface area (Å²) in [6.45, 7) is 4.88. The molecule has 7 heteroatoms. The molecule has 1 aliphatic heterocycles. The number of hydrogen-bond acceptors (Lipinski definition) is 6. The molecule has 2 aromatic heterocycles. The highest BCUT2D eigenvalue weighted by Gasteiger charge is 2.40. The van der Waals surface area contributed by atoms with E-state index in [4.69, 9.17) is 4.98 Å². The van der Waals surface area contributed by atoms with Crippen LogP contribution in [0.4, 0.5) is 5.82 Å².